The fourth-order valence-electron chi connectivity index (χ4n) is 1.97. The second-order valence-electron chi connectivity index (χ2n) is 4.36. The topological polar surface area (TPSA) is 72.7 Å². The largest absolute Gasteiger partial charge is 0.375 e. The van der Waals surface area contributed by atoms with E-state index in [9.17, 15) is 14.9 Å². The molecule has 0 spiro atoms. The number of carbonyl (C=O) groups excluding carboxylic acids is 1. The Hall–Kier alpha value is -1.66. The van der Waals surface area contributed by atoms with Gasteiger partial charge in [-0.3, -0.25) is 14.9 Å². The van der Waals surface area contributed by atoms with Gasteiger partial charge in [0.25, 0.3) is 11.6 Å². The van der Waals surface area contributed by atoms with E-state index in [0.29, 0.717) is 19.7 Å². The molecule has 2 rings (SSSR count). The maximum atomic E-state index is 12.2. The Kier molecular flexibility index (Phi) is 4.01. The van der Waals surface area contributed by atoms with Crippen molar-refractivity contribution in [3.05, 3.63) is 38.9 Å². The van der Waals surface area contributed by atoms with E-state index in [1.807, 2.05) is 6.92 Å². The second-order valence-corrected chi connectivity index (χ2v) is 4.76. The highest BCUT2D eigenvalue weighted by Gasteiger charge is 2.24. The van der Waals surface area contributed by atoms with Crippen molar-refractivity contribution in [3.63, 3.8) is 0 Å². The van der Waals surface area contributed by atoms with Gasteiger partial charge < -0.3 is 9.64 Å². The first-order valence-electron chi connectivity index (χ1n) is 5.84. The van der Waals surface area contributed by atoms with E-state index in [0.717, 1.165) is 0 Å². The van der Waals surface area contributed by atoms with E-state index in [1.54, 1.807) is 4.90 Å². The van der Waals surface area contributed by atoms with Crippen LogP contribution in [0.1, 0.15) is 17.3 Å². The van der Waals surface area contributed by atoms with Crippen molar-refractivity contribution in [2.75, 3.05) is 19.7 Å². The number of rotatable bonds is 2. The Balaban J connectivity index is 2.24. The van der Waals surface area contributed by atoms with Gasteiger partial charge in [-0.1, -0.05) is 11.6 Å². The van der Waals surface area contributed by atoms with Crippen molar-refractivity contribution in [2.45, 2.75) is 13.0 Å². The first-order valence-corrected chi connectivity index (χ1v) is 6.21. The summed E-state index contributed by atoms with van der Waals surface area (Å²) >= 11 is 5.72. The Morgan fingerprint density at radius 1 is 1.58 bits per heavy atom. The van der Waals surface area contributed by atoms with Crippen LogP contribution in [0.25, 0.3) is 0 Å². The van der Waals surface area contributed by atoms with Gasteiger partial charge in [-0.15, -0.1) is 0 Å². The molecular formula is C12H13ClN2O4. The van der Waals surface area contributed by atoms with E-state index < -0.39 is 4.92 Å². The van der Waals surface area contributed by atoms with Crippen LogP contribution in [0.4, 0.5) is 5.69 Å². The first kappa shape index (κ1) is 13.8. The number of carbonyl (C=O) groups is 1. The lowest BCUT2D eigenvalue weighted by Gasteiger charge is -2.31. The molecule has 1 amide bonds. The highest BCUT2D eigenvalue weighted by molar-refractivity contribution is 6.32. The summed E-state index contributed by atoms with van der Waals surface area (Å²) in [6.07, 6.45) is -0.0278. The van der Waals surface area contributed by atoms with Crippen LogP contribution < -0.4 is 0 Å². The number of hydrogen-bond acceptors (Lipinski definition) is 4. The maximum Gasteiger partial charge on any atom is 0.288 e. The van der Waals surface area contributed by atoms with Gasteiger partial charge in [0, 0.05) is 24.7 Å². The van der Waals surface area contributed by atoms with E-state index >= 15 is 0 Å². The van der Waals surface area contributed by atoms with E-state index in [-0.39, 0.29) is 28.3 Å². The summed E-state index contributed by atoms with van der Waals surface area (Å²) in [5.41, 5.74) is 0.0130. The third kappa shape index (κ3) is 3.02. The zero-order valence-corrected chi connectivity index (χ0v) is 11.1. The van der Waals surface area contributed by atoms with Gasteiger partial charge >= 0.3 is 0 Å². The Bertz CT molecular complexity index is 520. The molecule has 1 heterocycles. The number of amides is 1. The quantitative estimate of drug-likeness (QED) is 0.616. The normalized spacial score (nSPS) is 19.3. The zero-order valence-electron chi connectivity index (χ0n) is 10.3. The maximum absolute atomic E-state index is 12.2. The van der Waals surface area contributed by atoms with Gasteiger partial charge in [0.2, 0.25) is 0 Å². The molecule has 7 heteroatoms. The predicted octanol–water partition coefficient (Wildman–Crippen LogP) is 2.11. The zero-order chi connectivity index (χ0) is 14.0. The predicted molar refractivity (Wildman–Crippen MR) is 69.4 cm³/mol. The monoisotopic (exact) mass is 284 g/mol. The molecular weight excluding hydrogens is 272 g/mol. The molecule has 102 valence electrons. The molecule has 6 nitrogen and oxygen atoms in total. The van der Waals surface area contributed by atoms with Crippen molar-refractivity contribution in [1.29, 1.82) is 0 Å². The van der Waals surface area contributed by atoms with Crippen LogP contribution in [-0.2, 0) is 4.74 Å². The van der Waals surface area contributed by atoms with Gasteiger partial charge in [-0.25, -0.2) is 0 Å². The fourth-order valence-corrected chi connectivity index (χ4v) is 2.16. The number of nitro benzene ring substituents is 1. The van der Waals surface area contributed by atoms with Crippen LogP contribution in [0, 0.1) is 10.1 Å². The molecule has 19 heavy (non-hydrogen) atoms. The fraction of sp³-hybridized carbons (Fsp3) is 0.417. The Morgan fingerprint density at radius 3 is 2.95 bits per heavy atom. The number of nitro groups is 1. The Labute approximate surface area is 115 Å². The summed E-state index contributed by atoms with van der Waals surface area (Å²) in [7, 11) is 0. The molecule has 0 radical (unpaired) electrons. The smallest absolute Gasteiger partial charge is 0.288 e. The second kappa shape index (κ2) is 5.54. The lowest BCUT2D eigenvalue weighted by molar-refractivity contribution is -0.384. The van der Waals surface area contributed by atoms with Crippen molar-refractivity contribution in [2.24, 2.45) is 0 Å². The summed E-state index contributed by atoms with van der Waals surface area (Å²) in [5.74, 6) is -0.241. The van der Waals surface area contributed by atoms with E-state index in [1.165, 1.54) is 18.2 Å². The van der Waals surface area contributed by atoms with Gasteiger partial charge in [0.1, 0.15) is 5.02 Å². The lowest BCUT2D eigenvalue weighted by atomic mass is 10.1. The van der Waals surface area contributed by atoms with Crippen molar-refractivity contribution in [3.8, 4) is 0 Å². The lowest BCUT2D eigenvalue weighted by Crippen LogP contribution is -2.44. The number of benzene rings is 1. The average molecular weight is 285 g/mol. The van der Waals surface area contributed by atoms with E-state index in [4.69, 9.17) is 16.3 Å². The highest BCUT2D eigenvalue weighted by Crippen LogP contribution is 2.25. The minimum Gasteiger partial charge on any atom is -0.375 e. The molecule has 1 fully saturated rings. The standard InChI is InChI=1S/C12H13ClN2O4/c1-8-7-14(4-5-19-8)12(16)9-2-3-10(13)11(6-9)15(17)18/h2-3,6,8H,4-5,7H2,1H3. The summed E-state index contributed by atoms with van der Waals surface area (Å²) in [5, 5.41) is 10.8. The van der Waals surface area contributed by atoms with Gasteiger partial charge in [-0.2, -0.15) is 0 Å². The SMILES string of the molecule is CC1CN(C(=O)c2ccc(Cl)c([N+](=O)[O-])c2)CCO1. The molecule has 0 bridgehead atoms. The van der Waals surface area contributed by atoms with Gasteiger partial charge in [0.05, 0.1) is 17.6 Å². The summed E-state index contributed by atoms with van der Waals surface area (Å²) in [4.78, 5) is 24.1. The Morgan fingerprint density at radius 2 is 2.32 bits per heavy atom. The third-order valence-electron chi connectivity index (χ3n) is 2.92. The van der Waals surface area contributed by atoms with Crippen LogP contribution in [0.3, 0.4) is 0 Å². The molecule has 1 atom stereocenters. The number of hydrogen-bond donors (Lipinski definition) is 0. The van der Waals surface area contributed by atoms with Crippen molar-refractivity contribution < 1.29 is 14.5 Å². The molecule has 0 N–H and O–H groups in total. The summed E-state index contributed by atoms with van der Waals surface area (Å²) < 4.78 is 5.35. The van der Waals surface area contributed by atoms with Crippen molar-refractivity contribution >= 4 is 23.2 Å². The minimum atomic E-state index is -0.596. The first-order chi connectivity index (χ1) is 8.99. The third-order valence-corrected chi connectivity index (χ3v) is 3.24. The van der Waals surface area contributed by atoms with Crippen LogP contribution >= 0.6 is 11.6 Å². The minimum absolute atomic E-state index is 0.0249. The molecule has 1 aliphatic rings. The van der Waals surface area contributed by atoms with Crippen LogP contribution in [0.15, 0.2) is 18.2 Å². The number of halogens is 1. The van der Waals surface area contributed by atoms with Crippen LogP contribution in [-0.4, -0.2) is 41.5 Å². The molecule has 1 aromatic rings. The molecule has 1 saturated heterocycles. The van der Waals surface area contributed by atoms with Crippen LogP contribution in [0.5, 0.6) is 0 Å². The number of ether oxygens (including phenoxy) is 1. The molecule has 0 saturated carbocycles. The molecule has 1 aromatic carbocycles. The molecule has 0 aromatic heterocycles. The van der Waals surface area contributed by atoms with Crippen LogP contribution in [0.2, 0.25) is 5.02 Å². The number of morpholine rings is 1. The van der Waals surface area contributed by atoms with Gasteiger partial charge in [-0.05, 0) is 19.1 Å². The highest BCUT2D eigenvalue weighted by atomic mass is 35.5. The molecule has 1 aliphatic heterocycles. The average Bonchev–Trinajstić information content (AvgIpc) is 2.38. The molecule has 0 aliphatic carbocycles. The summed E-state index contributed by atoms with van der Waals surface area (Å²) in [6.45, 7) is 3.32. The summed E-state index contributed by atoms with van der Waals surface area (Å²) in [6, 6.07) is 4.08. The molecule has 1 unspecified atom stereocenters. The number of nitrogens with zero attached hydrogens (tertiary/aromatic N) is 2. The van der Waals surface area contributed by atoms with E-state index in [2.05, 4.69) is 0 Å². The van der Waals surface area contributed by atoms with Crippen molar-refractivity contribution in [1.82, 2.24) is 4.90 Å². The van der Waals surface area contributed by atoms with Gasteiger partial charge in [0.15, 0.2) is 0 Å².